The summed E-state index contributed by atoms with van der Waals surface area (Å²) in [6.07, 6.45) is 3.46. The topological polar surface area (TPSA) is 51.5 Å². The number of benzene rings is 1. The fourth-order valence-electron chi connectivity index (χ4n) is 3.12. The maximum absolute atomic E-state index is 13.0. The normalized spacial score (nSPS) is 20.4. The van der Waals surface area contributed by atoms with Crippen LogP contribution < -0.4 is 0 Å². The molecule has 0 aliphatic carbocycles. The zero-order valence-corrected chi connectivity index (χ0v) is 13.1. The van der Waals surface area contributed by atoms with Gasteiger partial charge >= 0.3 is 0 Å². The van der Waals surface area contributed by atoms with Crippen LogP contribution in [0.2, 0.25) is 0 Å². The predicted octanol–water partition coefficient (Wildman–Crippen LogP) is 1.98. The molecule has 0 N–H and O–H groups in total. The van der Waals surface area contributed by atoms with E-state index in [2.05, 4.69) is 0 Å². The summed E-state index contributed by atoms with van der Waals surface area (Å²) in [5, 5.41) is 0.781. The first-order valence-corrected chi connectivity index (χ1v) is 8.54. The fourth-order valence-corrected chi connectivity index (χ4v) is 5.04. The molecule has 0 saturated carbocycles. The van der Waals surface area contributed by atoms with Crippen molar-refractivity contribution in [1.82, 2.24) is 8.87 Å². The van der Waals surface area contributed by atoms with E-state index in [1.54, 1.807) is 17.6 Å². The van der Waals surface area contributed by atoms with Crippen LogP contribution >= 0.6 is 0 Å². The molecular weight excluding hydrogens is 288 g/mol. The average Bonchev–Trinajstić information content (AvgIpc) is 3.06. The molecular formula is C15H20N2O3S. The van der Waals surface area contributed by atoms with Gasteiger partial charge < -0.3 is 9.30 Å². The van der Waals surface area contributed by atoms with Crippen LogP contribution in [0.5, 0.6) is 0 Å². The molecule has 5 nitrogen and oxygen atoms in total. The maximum atomic E-state index is 13.0. The lowest BCUT2D eigenvalue weighted by molar-refractivity contribution is 0.149. The van der Waals surface area contributed by atoms with E-state index in [0.717, 1.165) is 23.7 Å². The third kappa shape index (κ3) is 2.37. The first-order valence-electron chi connectivity index (χ1n) is 7.10. The van der Waals surface area contributed by atoms with Gasteiger partial charge in [0.25, 0.3) is 0 Å². The van der Waals surface area contributed by atoms with E-state index in [1.165, 1.54) is 0 Å². The first-order chi connectivity index (χ1) is 10.1. The standard InChI is InChI=1S/C15H20N2O3S/c1-16-10-15(13-7-3-4-8-14(13)16)21(18,19)17-9-5-6-12(17)11-20-2/h3-4,7-8,10,12H,5-6,9,11H2,1-2H3/t12-/m1/s1. The number of methoxy groups -OCH3 is 1. The third-order valence-electron chi connectivity index (χ3n) is 4.13. The molecule has 3 rings (SSSR count). The summed E-state index contributed by atoms with van der Waals surface area (Å²) in [4.78, 5) is 0.392. The highest BCUT2D eigenvalue weighted by molar-refractivity contribution is 7.89. The molecule has 1 saturated heterocycles. The smallest absolute Gasteiger partial charge is 0.245 e. The van der Waals surface area contributed by atoms with Gasteiger partial charge in [-0.25, -0.2) is 8.42 Å². The number of ether oxygens (including phenoxy) is 1. The van der Waals surface area contributed by atoms with Gasteiger partial charge in [-0.05, 0) is 18.9 Å². The number of aromatic nitrogens is 1. The Labute approximate surface area is 125 Å². The quantitative estimate of drug-likeness (QED) is 0.868. The van der Waals surface area contributed by atoms with Gasteiger partial charge in [0.15, 0.2) is 0 Å². The molecule has 2 heterocycles. The van der Waals surface area contributed by atoms with E-state index >= 15 is 0 Å². The van der Waals surface area contributed by atoms with Gasteiger partial charge in [0.05, 0.1) is 6.61 Å². The Morgan fingerprint density at radius 2 is 2.10 bits per heavy atom. The van der Waals surface area contributed by atoms with Crippen LogP contribution in [0, 0.1) is 0 Å². The Bertz CT molecular complexity index is 751. The van der Waals surface area contributed by atoms with Crippen LogP contribution in [0.25, 0.3) is 10.9 Å². The molecule has 1 aromatic heterocycles. The van der Waals surface area contributed by atoms with Crippen molar-refractivity contribution >= 4 is 20.9 Å². The highest BCUT2D eigenvalue weighted by Gasteiger charge is 2.36. The molecule has 21 heavy (non-hydrogen) atoms. The van der Waals surface area contributed by atoms with Crippen LogP contribution in [-0.2, 0) is 21.8 Å². The van der Waals surface area contributed by atoms with Crippen LogP contribution in [0.1, 0.15) is 12.8 Å². The Morgan fingerprint density at radius 1 is 1.33 bits per heavy atom. The molecule has 114 valence electrons. The van der Waals surface area contributed by atoms with Crippen LogP contribution in [0.3, 0.4) is 0 Å². The van der Waals surface area contributed by atoms with Gasteiger partial charge in [-0.3, -0.25) is 0 Å². The summed E-state index contributed by atoms with van der Waals surface area (Å²) >= 11 is 0. The SMILES string of the molecule is COC[C@H]1CCCN1S(=O)(=O)c1cn(C)c2ccccc12. The van der Waals surface area contributed by atoms with Crippen molar-refractivity contribution < 1.29 is 13.2 Å². The zero-order valence-electron chi connectivity index (χ0n) is 12.3. The molecule has 1 fully saturated rings. The number of fused-ring (bicyclic) bond motifs is 1. The van der Waals surface area contributed by atoms with E-state index in [1.807, 2.05) is 35.9 Å². The summed E-state index contributed by atoms with van der Waals surface area (Å²) < 4.78 is 34.6. The number of rotatable bonds is 4. The summed E-state index contributed by atoms with van der Waals surface area (Å²) in [6, 6.07) is 7.54. The van der Waals surface area contributed by atoms with Gasteiger partial charge in [-0.15, -0.1) is 0 Å². The summed E-state index contributed by atoms with van der Waals surface area (Å²) in [6.45, 7) is 1.02. The van der Waals surface area contributed by atoms with E-state index in [9.17, 15) is 8.42 Å². The minimum atomic E-state index is -3.48. The number of nitrogens with zero attached hydrogens (tertiary/aromatic N) is 2. The summed E-state index contributed by atoms with van der Waals surface area (Å²) in [7, 11) is 0.00179. The molecule has 1 atom stereocenters. The molecule has 0 bridgehead atoms. The number of para-hydroxylation sites is 1. The van der Waals surface area contributed by atoms with E-state index in [-0.39, 0.29) is 6.04 Å². The highest BCUT2D eigenvalue weighted by atomic mass is 32.2. The second-order valence-electron chi connectivity index (χ2n) is 5.49. The largest absolute Gasteiger partial charge is 0.383 e. The van der Waals surface area contributed by atoms with E-state index in [0.29, 0.717) is 18.0 Å². The van der Waals surface area contributed by atoms with Gasteiger partial charge in [0.2, 0.25) is 10.0 Å². The molecule has 2 aromatic rings. The second-order valence-corrected chi connectivity index (χ2v) is 7.35. The Hall–Kier alpha value is -1.37. The lowest BCUT2D eigenvalue weighted by atomic mass is 10.2. The summed E-state index contributed by atoms with van der Waals surface area (Å²) in [5.41, 5.74) is 0.929. The Balaban J connectivity index is 2.08. The van der Waals surface area contributed by atoms with Gasteiger partial charge in [0.1, 0.15) is 4.90 Å². The zero-order chi connectivity index (χ0) is 15.0. The number of sulfonamides is 1. The predicted molar refractivity (Wildman–Crippen MR) is 81.7 cm³/mol. The Morgan fingerprint density at radius 3 is 2.86 bits per heavy atom. The van der Waals surface area contributed by atoms with Crippen molar-refractivity contribution in [2.24, 2.45) is 7.05 Å². The molecule has 0 radical (unpaired) electrons. The van der Waals surface area contributed by atoms with Crippen LogP contribution in [0.4, 0.5) is 0 Å². The monoisotopic (exact) mass is 308 g/mol. The summed E-state index contributed by atoms with van der Waals surface area (Å²) in [5.74, 6) is 0. The molecule has 1 aliphatic rings. The van der Waals surface area contributed by atoms with Crippen LogP contribution in [0.15, 0.2) is 35.4 Å². The van der Waals surface area contributed by atoms with Crippen molar-refractivity contribution in [2.45, 2.75) is 23.8 Å². The minimum Gasteiger partial charge on any atom is -0.383 e. The maximum Gasteiger partial charge on any atom is 0.245 e. The Kier molecular flexibility index (Phi) is 3.77. The third-order valence-corrected chi connectivity index (χ3v) is 6.11. The van der Waals surface area contributed by atoms with Crippen molar-refractivity contribution in [3.8, 4) is 0 Å². The van der Waals surface area contributed by atoms with E-state index < -0.39 is 10.0 Å². The highest BCUT2D eigenvalue weighted by Crippen LogP contribution is 2.31. The van der Waals surface area contributed by atoms with Crippen molar-refractivity contribution in [3.63, 3.8) is 0 Å². The van der Waals surface area contributed by atoms with Crippen molar-refractivity contribution in [1.29, 1.82) is 0 Å². The molecule has 6 heteroatoms. The molecule has 1 aromatic carbocycles. The fraction of sp³-hybridized carbons (Fsp3) is 0.467. The lowest BCUT2D eigenvalue weighted by Crippen LogP contribution is -2.38. The molecule has 0 unspecified atom stereocenters. The van der Waals surface area contributed by atoms with Crippen LogP contribution in [-0.4, -0.2) is 43.6 Å². The van der Waals surface area contributed by atoms with Gasteiger partial charge in [-0.1, -0.05) is 18.2 Å². The molecule has 0 amide bonds. The lowest BCUT2D eigenvalue weighted by Gasteiger charge is -2.23. The van der Waals surface area contributed by atoms with Crippen molar-refractivity contribution in [2.75, 3.05) is 20.3 Å². The molecule has 1 aliphatic heterocycles. The average molecular weight is 308 g/mol. The van der Waals surface area contributed by atoms with Crippen molar-refractivity contribution in [3.05, 3.63) is 30.5 Å². The molecule has 0 spiro atoms. The number of hydrogen-bond acceptors (Lipinski definition) is 3. The van der Waals surface area contributed by atoms with E-state index in [4.69, 9.17) is 4.74 Å². The van der Waals surface area contributed by atoms with Gasteiger partial charge in [-0.2, -0.15) is 4.31 Å². The van der Waals surface area contributed by atoms with Gasteiger partial charge in [0, 0.05) is 43.8 Å². The minimum absolute atomic E-state index is 0.0565. The number of aryl methyl sites for hydroxylation is 1. The first kappa shape index (κ1) is 14.6. The second kappa shape index (κ2) is 5.44. The number of hydrogen-bond donors (Lipinski definition) is 0.